The van der Waals surface area contributed by atoms with E-state index >= 15 is 0 Å². The summed E-state index contributed by atoms with van der Waals surface area (Å²) in [6.45, 7) is 1.39. The molecule has 2 heterocycles. The van der Waals surface area contributed by atoms with Gasteiger partial charge in [0.25, 0.3) is 63.8 Å². The summed E-state index contributed by atoms with van der Waals surface area (Å²) in [5, 5.41) is 10.9. The average Bonchev–Trinajstić information content (AvgIpc) is 3.58. The average molecular weight is 831 g/mol. The lowest BCUT2D eigenvalue weighted by atomic mass is 10.1. The number of hydrogen-bond donors (Lipinski definition) is 7. The van der Waals surface area contributed by atoms with E-state index in [2.05, 4.69) is 20.8 Å². The lowest BCUT2D eigenvalue weighted by molar-refractivity contribution is -0.116. The molecule has 22 nitrogen and oxygen atoms in total. The zero-order chi connectivity index (χ0) is 40.7. The first kappa shape index (κ1) is 41.2. The zero-order valence-electron chi connectivity index (χ0n) is 27.4. The van der Waals surface area contributed by atoms with Gasteiger partial charge in [-0.25, -0.2) is 4.68 Å². The Morgan fingerprint density at radius 1 is 0.759 bits per heavy atom. The fourth-order valence-corrected chi connectivity index (χ4v) is 6.97. The third-order valence-electron chi connectivity index (χ3n) is 7.21. The molecule has 0 saturated carbocycles. The van der Waals surface area contributed by atoms with E-state index in [-0.39, 0.29) is 5.57 Å². The molecule has 1 aliphatic rings. The molecular weight excluding hydrogens is 805 g/mol. The summed E-state index contributed by atoms with van der Waals surface area (Å²) in [5.41, 5.74) is -4.73. The van der Waals surface area contributed by atoms with Gasteiger partial charge in [0.05, 0.1) is 32.3 Å². The number of aromatic amines is 1. The second-order valence-corrected chi connectivity index (χ2v) is 16.4. The summed E-state index contributed by atoms with van der Waals surface area (Å²) < 4.78 is 134. The number of rotatable bonds is 11. The first-order valence-electron chi connectivity index (χ1n) is 14.3. The highest BCUT2D eigenvalue weighted by Crippen LogP contribution is 2.33. The van der Waals surface area contributed by atoms with Crippen LogP contribution in [0.25, 0.3) is 11.8 Å². The van der Waals surface area contributed by atoms with Gasteiger partial charge in [-0.1, -0.05) is 17.7 Å². The van der Waals surface area contributed by atoms with Gasteiger partial charge < -0.3 is 10.6 Å². The van der Waals surface area contributed by atoms with E-state index in [1.165, 1.54) is 26.1 Å². The zero-order valence-corrected chi connectivity index (χ0v) is 30.7. The van der Waals surface area contributed by atoms with Crippen LogP contribution in [0.3, 0.4) is 0 Å². The van der Waals surface area contributed by atoms with E-state index in [4.69, 9.17) is 0 Å². The first-order chi connectivity index (χ1) is 24.8. The van der Waals surface area contributed by atoms with Crippen LogP contribution in [-0.2, 0) is 50.1 Å². The Hall–Kier alpha value is -5.61. The normalized spacial score (nSPS) is 15.2. The van der Waals surface area contributed by atoms with Crippen LogP contribution in [0.1, 0.15) is 23.0 Å². The fourth-order valence-electron chi connectivity index (χ4n) is 4.66. The van der Waals surface area contributed by atoms with Gasteiger partial charge in [0.2, 0.25) is 0 Å². The van der Waals surface area contributed by atoms with Gasteiger partial charge in [-0.3, -0.25) is 42.5 Å². The quantitative estimate of drug-likeness (QED) is 0.0731. The summed E-state index contributed by atoms with van der Waals surface area (Å²) in [6.07, 6.45) is 4.43. The number of nitrogens with zero attached hydrogens (tertiary/aromatic N) is 3. The molecule has 0 aliphatic carbocycles. The van der Waals surface area contributed by atoms with Crippen molar-refractivity contribution in [3.8, 4) is 5.69 Å². The van der Waals surface area contributed by atoms with Gasteiger partial charge in [0, 0.05) is 14.1 Å². The molecule has 26 heteroatoms. The molecule has 3 amide bonds. The van der Waals surface area contributed by atoms with Gasteiger partial charge in [-0.05, 0) is 55.5 Å². The number of amides is 3. The van der Waals surface area contributed by atoms with Crippen LogP contribution in [0.15, 0.2) is 95.3 Å². The van der Waals surface area contributed by atoms with E-state index < -0.39 is 117 Å². The minimum atomic E-state index is -5.15. The van der Waals surface area contributed by atoms with Crippen molar-refractivity contribution in [1.82, 2.24) is 20.4 Å². The van der Waals surface area contributed by atoms with Crippen molar-refractivity contribution in [2.45, 2.75) is 26.5 Å². The van der Waals surface area contributed by atoms with Crippen LogP contribution in [0.2, 0.25) is 0 Å². The molecule has 0 fully saturated rings. The predicted octanol–water partition coefficient (Wildman–Crippen LogP) is -0.453. The monoisotopic (exact) mass is 830 g/mol. The Morgan fingerprint density at radius 2 is 1.26 bits per heavy atom. The maximum atomic E-state index is 13.5. The Kier molecular flexibility index (Phi) is 11.2. The van der Waals surface area contributed by atoms with Crippen LogP contribution in [0.4, 0.5) is 5.69 Å². The molecule has 0 bridgehead atoms. The SMILES string of the molecule is CNC(=O)C1=NN(c2cc(S(=O)(=O)O)ccc2S(=O)(=O)O)C(=O)\C1=C/C=C(C)/C=C/c1c(C(=O)NC)[nH]n(-c2cc(S(=O)(=O)O)ccc2S(=O)(=O)O)c1=O. The molecule has 4 rings (SSSR count). The van der Waals surface area contributed by atoms with E-state index in [0.29, 0.717) is 46.1 Å². The number of hydrazone groups is 1. The van der Waals surface area contributed by atoms with Crippen molar-refractivity contribution >= 4 is 75.7 Å². The lowest BCUT2D eigenvalue weighted by Gasteiger charge is -2.15. The topological polar surface area (TPSA) is 346 Å². The first-order valence-corrected chi connectivity index (χ1v) is 20.0. The number of carbonyl (C=O) groups is 3. The molecule has 1 aliphatic heterocycles. The maximum Gasteiger partial charge on any atom is 0.296 e. The van der Waals surface area contributed by atoms with Gasteiger partial charge >= 0.3 is 0 Å². The summed E-state index contributed by atoms with van der Waals surface area (Å²) in [6, 6.07) is 3.48. The molecule has 54 heavy (non-hydrogen) atoms. The summed E-state index contributed by atoms with van der Waals surface area (Å²) >= 11 is 0. The van der Waals surface area contributed by atoms with Crippen molar-refractivity contribution < 1.29 is 66.3 Å². The molecule has 0 atom stereocenters. The maximum absolute atomic E-state index is 13.5. The smallest absolute Gasteiger partial charge is 0.296 e. The van der Waals surface area contributed by atoms with Crippen LogP contribution < -0.4 is 21.2 Å². The van der Waals surface area contributed by atoms with Gasteiger partial charge in [0.1, 0.15) is 15.5 Å². The fraction of sp³-hybridized carbons (Fsp3) is 0.107. The van der Waals surface area contributed by atoms with E-state index in [9.17, 15) is 71.1 Å². The molecule has 2 aromatic carbocycles. The second kappa shape index (κ2) is 14.7. The van der Waals surface area contributed by atoms with Crippen molar-refractivity contribution in [3.63, 3.8) is 0 Å². The van der Waals surface area contributed by atoms with Gasteiger partial charge in [0.15, 0.2) is 5.71 Å². The number of nitrogens with one attached hydrogen (secondary N) is 3. The van der Waals surface area contributed by atoms with E-state index in [1.54, 1.807) is 0 Å². The number of allylic oxidation sites excluding steroid dienone is 4. The van der Waals surface area contributed by atoms with Crippen molar-refractivity contribution in [1.29, 1.82) is 0 Å². The molecule has 288 valence electrons. The van der Waals surface area contributed by atoms with Crippen LogP contribution in [0, 0.1) is 0 Å². The summed E-state index contributed by atoms with van der Waals surface area (Å²) in [5.74, 6) is -3.13. The van der Waals surface area contributed by atoms with E-state index in [1.807, 2.05) is 0 Å². The Bertz CT molecular complexity index is 2780. The van der Waals surface area contributed by atoms with Crippen LogP contribution >= 0.6 is 0 Å². The molecule has 0 spiro atoms. The molecule has 7 N–H and O–H groups in total. The third kappa shape index (κ3) is 8.44. The molecule has 0 saturated heterocycles. The standard InChI is InChI=1S/C28H26N6O16S4/c1-14(4-8-17-23(25(35)29-2)31-33(27(17)37)19-12-15(51(39,40)41)6-10-21(19)53(45,46)47)5-9-18-24(26(36)30-3)32-34(28(18)38)20-13-16(52(42,43)44)7-11-22(20)54(48,49)50/h4-13,31H,1-3H3,(H,29,35)(H,30,36)(H,39,40,41)(H,42,43,44)(H,45,46,47)(H,48,49,50)/b8-4+,14-5+,18-9-. The van der Waals surface area contributed by atoms with Gasteiger partial charge in [-0.2, -0.15) is 43.8 Å². The van der Waals surface area contributed by atoms with Crippen LogP contribution in [0.5, 0.6) is 0 Å². The minimum absolute atomic E-state index is 0.166. The number of H-pyrrole nitrogens is 1. The van der Waals surface area contributed by atoms with Crippen molar-refractivity contribution in [2.24, 2.45) is 5.10 Å². The Balaban J connectivity index is 1.84. The van der Waals surface area contributed by atoms with Crippen LogP contribution in [-0.4, -0.2) is 99.2 Å². The predicted molar refractivity (Wildman–Crippen MR) is 185 cm³/mol. The number of carbonyl (C=O) groups excluding carboxylic acids is 3. The number of hydrogen-bond acceptors (Lipinski definition) is 13. The summed E-state index contributed by atoms with van der Waals surface area (Å²) in [4.78, 5) is 48.7. The molecule has 0 unspecified atom stereocenters. The van der Waals surface area contributed by atoms with E-state index in [0.717, 1.165) is 19.2 Å². The largest absolute Gasteiger partial charge is 0.354 e. The lowest BCUT2D eigenvalue weighted by Crippen LogP contribution is -2.28. The highest BCUT2D eigenvalue weighted by molar-refractivity contribution is 7.87. The number of benzene rings is 2. The van der Waals surface area contributed by atoms with Crippen molar-refractivity contribution in [3.05, 3.63) is 87.4 Å². The summed E-state index contributed by atoms with van der Waals surface area (Å²) in [7, 11) is -17.9. The number of aromatic nitrogens is 2. The second-order valence-electron chi connectivity index (χ2n) is 10.7. The molecule has 0 radical (unpaired) electrons. The molecule has 1 aromatic heterocycles. The molecular formula is C28H26N6O16S4. The third-order valence-corrected chi connectivity index (χ3v) is 10.7. The minimum Gasteiger partial charge on any atom is -0.354 e. The number of anilines is 1. The highest BCUT2D eigenvalue weighted by atomic mass is 32.2. The molecule has 3 aromatic rings. The Morgan fingerprint density at radius 3 is 1.74 bits per heavy atom. The Labute approximate surface area is 305 Å². The van der Waals surface area contributed by atoms with Gasteiger partial charge in [-0.15, -0.1) is 0 Å². The highest BCUT2D eigenvalue weighted by Gasteiger charge is 2.37. The van der Waals surface area contributed by atoms with Crippen molar-refractivity contribution in [2.75, 3.05) is 19.1 Å².